The number of tetrazole rings is 1. The highest BCUT2D eigenvalue weighted by Gasteiger charge is 2.14. The van der Waals surface area contributed by atoms with Gasteiger partial charge in [0.15, 0.2) is 0 Å². The summed E-state index contributed by atoms with van der Waals surface area (Å²) in [6.07, 6.45) is 1.30. The van der Waals surface area contributed by atoms with E-state index in [2.05, 4.69) is 20.6 Å². The molecule has 4 N–H and O–H groups in total. The number of rotatable bonds is 5. The predicted octanol–water partition coefficient (Wildman–Crippen LogP) is 0.794. The number of aromatic carboxylic acids is 2. The zero-order chi connectivity index (χ0) is 18.0. The molecule has 0 amide bonds. The molecule has 3 aromatic rings. The van der Waals surface area contributed by atoms with Crippen molar-refractivity contribution >= 4 is 24.1 Å². The molecule has 0 bridgehead atoms. The summed E-state index contributed by atoms with van der Waals surface area (Å²) in [6.45, 7) is 0. The minimum Gasteiger partial charge on any atom is -0.478 e. The van der Waals surface area contributed by atoms with Crippen LogP contribution in [0.3, 0.4) is 0 Å². The van der Waals surface area contributed by atoms with Crippen LogP contribution in [-0.4, -0.2) is 48.7 Å². The average Bonchev–Trinajstić information content (AvgIpc) is 3.21. The first-order valence-electron chi connectivity index (χ1n) is 6.74. The molecular formula is C14H10N6O5. The largest absolute Gasteiger partial charge is 0.478 e. The van der Waals surface area contributed by atoms with Crippen LogP contribution in [0, 0.1) is 0 Å². The highest BCUT2D eigenvalue weighted by molar-refractivity contribution is 5.96. The monoisotopic (exact) mass is 342 g/mol. The Morgan fingerprint density at radius 2 is 1.84 bits per heavy atom. The van der Waals surface area contributed by atoms with E-state index in [0.717, 1.165) is 10.9 Å². The first kappa shape index (κ1) is 15.9. The Hall–Kier alpha value is -4.02. The van der Waals surface area contributed by atoms with Gasteiger partial charge in [-0.25, -0.2) is 9.59 Å². The Morgan fingerprint density at radius 3 is 2.40 bits per heavy atom. The lowest BCUT2D eigenvalue weighted by Gasteiger charge is -2.03. The Labute approximate surface area is 139 Å². The normalized spacial score (nSPS) is 11.0. The molecule has 0 aliphatic heterocycles. The molecule has 2 heterocycles. The number of nitrogen functional groups attached to an aromatic ring is 1. The topological polar surface area (TPSA) is 170 Å². The fraction of sp³-hybridized carbons (Fsp3) is 0. The third kappa shape index (κ3) is 3.34. The SMILES string of the molecule is Nc1nnnn1N=Cc1ccc(-c2cc(C(=O)O)cc(C(=O)O)c2)o1. The number of benzene rings is 1. The highest BCUT2D eigenvalue weighted by Crippen LogP contribution is 2.24. The molecule has 3 rings (SSSR count). The molecule has 0 saturated heterocycles. The van der Waals surface area contributed by atoms with Crippen molar-refractivity contribution in [3.63, 3.8) is 0 Å². The van der Waals surface area contributed by atoms with Gasteiger partial charge in [0.05, 0.1) is 17.3 Å². The summed E-state index contributed by atoms with van der Waals surface area (Å²) in [4.78, 5) is 23.3. The van der Waals surface area contributed by atoms with Crippen LogP contribution in [0.1, 0.15) is 26.5 Å². The van der Waals surface area contributed by atoms with E-state index in [1.165, 1.54) is 18.3 Å². The third-order valence-corrected chi connectivity index (χ3v) is 3.11. The average molecular weight is 342 g/mol. The second-order valence-corrected chi connectivity index (χ2v) is 4.78. The van der Waals surface area contributed by atoms with E-state index >= 15 is 0 Å². The molecule has 2 aromatic heterocycles. The Kier molecular flexibility index (Phi) is 3.95. The fourth-order valence-electron chi connectivity index (χ4n) is 1.98. The minimum atomic E-state index is -1.24. The van der Waals surface area contributed by atoms with E-state index in [1.807, 2.05) is 0 Å². The van der Waals surface area contributed by atoms with Gasteiger partial charge in [-0.05, 0) is 40.8 Å². The zero-order valence-electron chi connectivity index (χ0n) is 12.4. The zero-order valence-corrected chi connectivity index (χ0v) is 12.4. The van der Waals surface area contributed by atoms with Crippen LogP contribution in [0.25, 0.3) is 11.3 Å². The number of furan rings is 1. The van der Waals surface area contributed by atoms with Crippen molar-refractivity contribution in [3.05, 3.63) is 47.2 Å². The van der Waals surface area contributed by atoms with Crippen LogP contribution in [0.5, 0.6) is 0 Å². The summed E-state index contributed by atoms with van der Waals surface area (Å²) in [5, 5.41) is 32.4. The lowest BCUT2D eigenvalue weighted by molar-refractivity contribution is 0.0696. The minimum absolute atomic E-state index is 0.0108. The van der Waals surface area contributed by atoms with Gasteiger partial charge in [0.2, 0.25) is 0 Å². The van der Waals surface area contributed by atoms with Crippen molar-refractivity contribution in [1.29, 1.82) is 0 Å². The molecule has 0 fully saturated rings. The maximum absolute atomic E-state index is 11.2. The molecule has 11 heteroatoms. The van der Waals surface area contributed by atoms with E-state index < -0.39 is 11.9 Å². The molecule has 0 aliphatic rings. The van der Waals surface area contributed by atoms with Crippen LogP contribution in [0.4, 0.5) is 5.95 Å². The number of carboxylic acid groups (broad SMARTS) is 2. The molecule has 0 radical (unpaired) electrons. The maximum atomic E-state index is 11.2. The fourth-order valence-corrected chi connectivity index (χ4v) is 1.98. The van der Waals surface area contributed by atoms with Gasteiger partial charge in [0.1, 0.15) is 11.5 Å². The van der Waals surface area contributed by atoms with Crippen LogP contribution >= 0.6 is 0 Å². The molecule has 0 saturated carbocycles. The van der Waals surface area contributed by atoms with Gasteiger partial charge in [-0.3, -0.25) is 0 Å². The van der Waals surface area contributed by atoms with Crippen LogP contribution < -0.4 is 5.73 Å². The summed E-state index contributed by atoms with van der Waals surface area (Å²) in [5.41, 5.74) is 5.44. The van der Waals surface area contributed by atoms with Gasteiger partial charge in [-0.1, -0.05) is 9.89 Å². The maximum Gasteiger partial charge on any atom is 0.335 e. The van der Waals surface area contributed by atoms with Crippen LogP contribution in [-0.2, 0) is 0 Å². The van der Waals surface area contributed by atoms with E-state index in [1.54, 1.807) is 12.1 Å². The van der Waals surface area contributed by atoms with Crippen LogP contribution in [0.15, 0.2) is 39.9 Å². The van der Waals surface area contributed by atoms with Gasteiger partial charge >= 0.3 is 11.9 Å². The highest BCUT2D eigenvalue weighted by atomic mass is 16.4. The predicted molar refractivity (Wildman–Crippen MR) is 83.3 cm³/mol. The number of anilines is 1. The standard InChI is InChI=1S/C14H10N6O5/c15-14-17-18-19-20(14)16-6-10-1-2-11(25-10)7-3-8(12(21)22)5-9(4-7)13(23)24/h1-6H,(H,21,22)(H,23,24)(H2,15,17,19). The lowest BCUT2D eigenvalue weighted by Crippen LogP contribution is -2.02. The molecule has 126 valence electrons. The Morgan fingerprint density at radius 1 is 1.16 bits per heavy atom. The first-order chi connectivity index (χ1) is 11.9. The van der Waals surface area contributed by atoms with Crippen molar-refractivity contribution in [1.82, 2.24) is 20.3 Å². The van der Waals surface area contributed by atoms with Gasteiger partial charge in [0, 0.05) is 5.56 Å². The van der Waals surface area contributed by atoms with Gasteiger partial charge < -0.3 is 20.4 Å². The molecule has 0 atom stereocenters. The van der Waals surface area contributed by atoms with Crippen molar-refractivity contribution in [3.8, 4) is 11.3 Å². The van der Waals surface area contributed by atoms with Crippen LogP contribution in [0.2, 0.25) is 0 Å². The number of nitrogens with zero attached hydrogens (tertiary/aromatic N) is 5. The van der Waals surface area contributed by atoms with E-state index in [-0.39, 0.29) is 22.8 Å². The molecule has 25 heavy (non-hydrogen) atoms. The van der Waals surface area contributed by atoms with Crippen molar-refractivity contribution < 1.29 is 24.2 Å². The van der Waals surface area contributed by atoms with Crippen molar-refractivity contribution in [2.75, 3.05) is 5.73 Å². The smallest absolute Gasteiger partial charge is 0.335 e. The lowest BCUT2D eigenvalue weighted by atomic mass is 10.0. The summed E-state index contributed by atoms with van der Waals surface area (Å²) >= 11 is 0. The second-order valence-electron chi connectivity index (χ2n) is 4.78. The first-order valence-corrected chi connectivity index (χ1v) is 6.74. The number of aromatic nitrogens is 4. The number of hydrogen-bond donors (Lipinski definition) is 3. The van der Waals surface area contributed by atoms with E-state index in [4.69, 9.17) is 20.4 Å². The molecule has 11 nitrogen and oxygen atoms in total. The van der Waals surface area contributed by atoms with Gasteiger partial charge in [0.25, 0.3) is 5.95 Å². The van der Waals surface area contributed by atoms with E-state index in [9.17, 15) is 9.59 Å². The molecular weight excluding hydrogens is 332 g/mol. The second kappa shape index (κ2) is 6.23. The summed E-state index contributed by atoms with van der Waals surface area (Å²) in [6, 6.07) is 6.81. The number of carboxylic acids is 2. The molecule has 0 unspecified atom stereocenters. The van der Waals surface area contributed by atoms with Gasteiger partial charge in [-0.15, -0.1) is 0 Å². The summed E-state index contributed by atoms with van der Waals surface area (Å²) < 4.78 is 5.52. The Bertz CT molecular complexity index is 957. The Balaban J connectivity index is 1.94. The summed E-state index contributed by atoms with van der Waals surface area (Å²) in [7, 11) is 0. The molecule has 0 aliphatic carbocycles. The number of hydrogen-bond acceptors (Lipinski definition) is 8. The summed E-state index contributed by atoms with van der Waals surface area (Å²) in [5.74, 6) is -1.92. The van der Waals surface area contributed by atoms with Gasteiger partial charge in [-0.2, -0.15) is 5.10 Å². The number of carbonyl (C=O) groups is 2. The van der Waals surface area contributed by atoms with Crippen molar-refractivity contribution in [2.45, 2.75) is 0 Å². The van der Waals surface area contributed by atoms with E-state index in [0.29, 0.717) is 11.3 Å². The number of nitrogens with two attached hydrogens (primary N) is 1. The van der Waals surface area contributed by atoms with Crippen molar-refractivity contribution in [2.24, 2.45) is 5.10 Å². The molecule has 1 aromatic carbocycles. The third-order valence-electron chi connectivity index (χ3n) is 3.11. The molecule has 0 spiro atoms. The quantitative estimate of drug-likeness (QED) is 0.567.